The van der Waals surface area contributed by atoms with Gasteiger partial charge in [0, 0.05) is 7.11 Å². The topological polar surface area (TPSA) is 64.2 Å². The summed E-state index contributed by atoms with van der Waals surface area (Å²) in [5, 5.41) is 23.4. The van der Waals surface area contributed by atoms with Crippen LogP contribution < -0.4 is 0 Å². The molecule has 3 nitrogen and oxygen atoms in total. The zero-order chi connectivity index (χ0) is 7.21. The number of nitrogens with zero attached hydrogens (tertiary/aromatic N) is 1. The second kappa shape index (κ2) is 4.57. The fourth-order valence-corrected chi connectivity index (χ4v) is 0. The van der Waals surface area contributed by atoms with Crippen LogP contribution in [0.15, 0.2) is 0 Å². The van der Waals surface area contributed by atoms with Gasteiger partial charge in [-0.25, -0.2) is 0 Å². The first-order chi connectivity index (χ1) is 3.56. The molecule has 0 unspecified atom stereocenters. The normalized spacial score (nSPS) is 8.50. The van der Waals surface area contributed by atoms with Gasteiger partial charge in [-0.3, -0.25) is 0 Å². The molecule has 0 fully saturated rings. The summed E-state index contributed by atoms with van der Waals surface area (Å²) >= 11 is 0. The Morgan fingerprint density at radius 3 is 1.50 bits per heavy atom. The molecule has 48 valence electrons. The molecule has 0 amide bonds. The van der Waals surface area contributed by atoms with Crippen molar-refractivity contribution in [1.82, 2.24) is 0 Å². The quantitative estimate of drug-likeness (QED) is 0.435. The van der Waals surface area contributed by atoms with Gasteiger partial charge in [0.05, 0.1) is 6.07 Å². The average Bonchev–Trinajstić information content (AvgIpc) is 1.71. The van der Waals surface area contributed by atoms with Gasteiger partial charge in [-0.05, 0) is 13.8 Å². The van der Waals surface area contributed by atoms with Crippen molar-refractivity contribution in [3.63, 3.8) is 0 Å². The van der Waals surface area contributed by atoms with E-state index in [0.717, 1.165) is 7.11 Å². The van der Waals surface area contributed by atoms with Crippen molar-refractivity contribution in [1.29, 1.82) is 5.26 Å². The summed E-state index contributed by atoms with van der Waals surface area (Å²) in [6.07, 6.45) is 0. The van der Waals surface area contributed by atoms with Crippen molar-refractivity contribution in [2.45, 2.75) is 19.4 Å². The van der Waals surface area contributed by atoms with Crippen LogP contribution in [-0.2, 0) is 0 Å². The Bertz CT molecular complexity index is 77.4. The molecular weight excluding hydrogens is 106 g/mol. The lowest BCUT2D eigenvalue weighted by molar-refractivity contribution is 0.141. The molecule has 0 bridgehead atoms. The molecule has 0 heterocycles. The third-order valence-corrected chi connectivity index (χ3v) is 0.274. The third kappa shape index (κ3) is 18.1. The molecule has 0 aromatic carbocycles. The van der Waals surface area contributed by atoms with E-state index >= 15 is 0 Å². The van der Waals surface area contributed by atoms with Gasteiger partial charge in [-0.2, -0.15) is 5.26 Å². The van der Waals surface area contributed by atoms with E-state index < -0.39 is 5.60 Å². The molecule has 0 spiro atoms. The van der Waals surface area contributed by atoms with Crippen LogP contribution >= 0.6 is 0 Å². The summed E-state index contributed by atoms with van der Waals surface area (Å²) in [6.45, 7) is 2.88. The van der Waals surface area contributed by atoms with E-state index in [1.165, 1.54) is 13.8 Å². The Morgan fingerprint density at radius 2 is 1.50 bits per heavy atom. The minimum absolute atomic E-state index is 1.00. The lowest BCUT2D eigenvalue weighted by atomic mass is 10.2. The van der Waals surface area contributed by atoms with Crippen molar-refractivity contribution in [2.24, 2.45) is 0 Å². The van der Waals surface area contributed by atoms with Crippen LogP contribution in [0.25, 0.3) is 0 Å². The molecule has 2 N–H and O–H groups in total. The van der Waals surface area contributed by atoms with Gasteiger partial charge in [-0.1, -0.05) is 0 Å². The standard InChI is InChI=1S/C4H7NO.CH4O/c1-4(2,6)3-5;1-2/h6H,1-2H3;2H,1H3. The first-order valence-electron chi connectivity index (χ1n) is 2.14. The molecule has 3 heteroatoms. The fraction of sp³-hybridized carbons (Fsp3) is 0.800. The first kappa shape index (κ1) is 10.4. The maximum Gasteiger partial charge on any atom is 0.145 e. The smallest absolute Gasteiger partial charge is 0.145 e. The molecule has 0 aliphatic heterocycles. The van der Waals surface area contributed by atoms with Crippen molar-refractivity contribution < 1.29 is 10.2 Å². The molecule has 0 radical (unpaired) electrons. The Hall–Kier alpha value is -0.590. The monoisotopic (exact) mass is 117 g/mol. The molecule has 0 aromatic rings. The zero-order valence-corrected chi connectivity index (χ0v) is 5.34. The average molecular weight is 117 g/mol. The van der Waals surface area contributed by atoms with E-state index in [1.807, 2.05) is 0 Å². The zero-order valence-electron chi connectivity index (χ0n) is 5.34. The number of aliphatic hydroxyl groups excluding tert-OH is 1. The minimum atomic E-state index is -1.15. The Kier molecular flexibility index (Phi) is 5.94. The molecule has 8 heavy (non-hydrogen) atoms. The fourth-order valence-electron chi connectivity index (χ4n) is 0. The molecule has 0 saturated carbocycles. The van der Waals surface area contributed by atoms with E-state index in [4.69, 9.17) is 15.5 Å². The molecule has 0 aliphatic carbocycles. The lowest BCUT2D eigenvalue weighted by Crippen LogP contribution is -2.13. The lowest BCUT2D eigenvalue weighted by Gasteiger charge is -2.00. The Labute approximate surface area is 49.2 Å². The number of rotatable bonds is 0. The second-order valence-corrected chi connectivity index (χ2v) is 1.67. The first-order valence-corrected chi connectivity index (χ1v) is 2.14. The van der Waals surface area contributed by atoms with Crippen LogP contribution in [0.5, 0.6) is 0 Å². The molecule has 0 atom stereocenters. The Balaban J connectivity index is 0. The highest BCUT2D eigenvalue weighted by Crippen LogP contribution is 1.93. The predicted octanol–water partition coefficient (Wildman–Crippen LogP) is -0.111. The van der Waals surface area contributed by atoms with Gasteiger partial charge in [0.15, 0.2) is 0 Å². The molecule has 0 aliphatic rings. The van der Waals surface area contributed by atoms with Crippen molar-refractivity contribution in [3.05, 3.63) is 0 Å². The van der Waals surface area contributed by atoms with Crippen LogP contribution in [0.4, 0.5) is 0 Å². The van der Waals surface area contributed by atoms with Crippen LogP contribution in [0.2, 0.25) is 0 Å². The Morgan fingerprint density at radius 1 is 1.38 bits per heavy atom. The highest BCUT2D eigenvalue weighted by atomic mass is 16.3. The van der Waals surface area contributed by atoms with E-state index in [2.05, 4.69) is 0 Å². The minimum Gasteiger partial charge on any atom is -0.400 e. The van der Waals surface area contributed by atoms with Gasteiger partial charge in [0.1, 0.15) is 5.60 Å². The number of aliphatic hydroxyl groups is 2. The van der Waals surface area contributed by atoms with E-state index in [1.54, 1.807) is 6.07 Å². The third-order valence-electron chi connectivity index (χ3n) is 0.274. The summed E-state index contributed by atoms with van der Waals surface area (Å²) in [6, 6.07) is 1.66. The van der Waals surface area contributed by atoms with Crippen LogP contribution in [0.3, 0.4) is 0 Å². The van der Waals surface area contributed by atoms with Crippen LogP contribution in [0, 0.1) is 11.3 Å². The highest BCUT2D eigenvalue weighted by molar-refractivity contribution is 4.91. The maximum absolute atomic E-state index is 8.47. The summed E-state index contributed by atoms with van der Waals surface area (Å²) in [7, 11) is 1.00. The summed E-state index contributed by atoms with van der Waals surface area (Å²) in [5.41, 5.74) is -1.15. The van der Waals surface area contributed by atoms with E-state index in [-0.39, 0.29) is 0 Å². The van der Waals surface area contributed by atoms with E-state index in [0.29, 0.717) is 0 Å². The van der Waals surface area contributed by atoms with Crippen LogP contribution in [0.1, 0.15) is 13.8 Å². The van der Waals surface area contributed by atoms with Crippen molar-refractivity contribution in [3.8, 4) is 6.07 Å². The van der Waals surface area contributed by atoms with Gasteiger partial charge >= 0.3 is 0 Å². The summed E-state index contributed by atoms with van der Waals surface area (Å²) in [4.78, 5) is 0. The second-order valence-electron chi connectivity index (χ2n) is 1.67. The van der Waals surface area contributed by atoms with Gasteiger partial charge in [0.25, 0.3) is 0 Å². The van der Waals surface area contributed by atoms with E-state index in [9.17, 15) is 0 Å². The molecule has 0 rings (SSSR count). The van der Waals surface area contributed by atoms with Crippen molar-refractivity contribution in [2.75, 3.05) is 7.11 Å². The maximum atomic E-state index is 8.47. The van der Waals surface area contributed by atoms with Crippen molar-refractivity contribution >= 4 is 0 Å². The predicted molar refractivity (Wildman–Crippen MR) is 30.1 cm³/mol. The summed E-state index contributed by atoms with van der Waals surface area (Å²) in [5.74, 6) is 0. The molecular formula is C5H11NO2. The number of hydrogen-bond acceptors (Lipinski definition) is 3. The van der Waals surface area contributed by atoms with Crippen LogP contribution in [-0.4, -0.2) is 22.9 Å². The highest BCUT2D eigenvalue weighted by Gasteiger charge is 2.07. The largest absolute Gasteiger partial charge is 0.400 e. The van der Waals surface area contributed by atoms with Gasteiger partial charge < -0.3 is 10.2 Å². The number of hydrogen-bond donors (Lipinski definition) is 2. The number of nitriles is 1. The van der Waals surface area contributed by atoms with Gasteiger partial charge in [0.2, 0.25) is 0 Å². The molecule has 0 aromatic heterocycles. The van der Waals surface area contributed by atoms with Gasteiger partial charge in [-0.15, -0.1) is 0 Å². The summed E-state index contributed by atoms with van der Waals surface area (Å²) < 4.78 is 0. The molecule has 0 saturated heterocycles. The SMILES string of the molecule is CC(C)(O)C#N.CO.